The molecule has 5 atom stereocenters. The molecule has 14 heteroatoms. The number of benzene rings is 1. The highest BCUT2D eigenvalue weighted by atomic mass is 28.4. The van der Waals surface area contributed by atoms with Crippen LogP contribution < -0.4 is 10.6 Å². The van der Waals surface area contributed by atoms with Crippen LogP contribution in [0.1, 0.15) is 53.0 Å². The monoisotopic (exact) mass is 642 g/mol. The van der Waals surface area contributed by atoms with Gasteiger partial charge in [0.15, 0.2) is 0 Å². The van der Waals surface area contributed by atoms with Crippen molar-refractivity contribution in [1.29, 1.82) is 0 Å². The molecule has 2 amide bonds. The van der Waals surface area contributed by atoms with Gasteiger partial charge in [0.2, 0.25) is 5.91 Å². The maximum Gasteiger partial charge on any atom is 0.502 e. The molecule has 2 N–H and O–H groups in total. The molecule has 3 unspecified atom stereocenters. The van der Waals surface area contributed by atoms with Crippen LogP contribution >= 0.6 is 0 Å². The Morgan fingerprint density at radius 3 is 2.53 bits per heavy atom. The summed E-state index contributed by atoms with van der Waals surface area (Å²) < 4.78 is 36.3. The average Bonchev–Trinajstić information content (AvgIpc) is 3.70. The summed E-state index contributed by atoms with van der Waals surface area (Å²) in [5.74, 6) is -1.09. The van der Waals surface area contributed by atoms with Gasteiger partial charge in [0, 0.05) is 25.3 Å². The third kappa shape index (κ3) is 9.88. The minimum atomic E-state index is -2.58. The van der Waals surface area contributed by atoms with E-state index in [9.17, 15) is 9.59 Å². The second kappa shape index (κ2) is 16.7. The fourth-order valence-corrected chi connectivity index (χ4v) is 9.05. The highest BCUT2D eigenvalue weighted by Crippen LogP contribution is 2.40. The summed E-state index contributed by atoms with van der Waals surface area (Å²) in [7, 11) is -3.23. The van der Waals surface area contributed by atoms with E-state index in [0.29, 0.717) is 26.2 Å². The smallest absolute Gasteiger partial charge is 0.407 e. The zero-order valence-corrected chi connectivity index (χ0v) is 28.0. The van der Waals surface area contributed by atoms with Crippen LogP contribution in [0, 0.1) is 5.92 Å². The lowest BCUT2D eigenvalue weighted by molar-refractivity contribution is -0.127. The molecule has 1 aromatic carbocycles. The first-order valence-corrected chi connectivity index (χ1v) is 17.7. The van der Waals surface area contributed by atoms with Crippen LogP contribution in [0.2, 0.25) is 6.04 Å². The van der Waals surface area contributed by atoms with Crippen molar-refractivity contribution < 1.29 is 36.9 Å². The minimum Gasteiger partial charge on any atom is -0.407 e. The third-order valence-electron chi connectivity index (χ3n) is 7.86. The van der Waals surface area contributed by atoms with E-state index >= 15 is 0 Å². The van der Waals surface area contributed by atoms with E-state index in [4.69, 9.17) is 27.3 Å². The van der Waals surface area contributed by atoms with E-state index in [1.807, 2.05) is 44.2 Å². The first-order valence-electron chi connectivity index (χ1n) is 15.8. The quantitative estimate of drug-likeness (QED) is 0.115. The Hall–Kier alpha value is -2.72. The van der Waals surface area contributed by atoms with Gasteiger partial charge in [0.1, 0.15) is 11.7 Å². The lowest BCUT2D eigenvalue weighted by Gasteiger charge is -2.26. The Morgan fingerprint density at radius 1 is 1.16 bits per heavy atom. The second-order valence-corrected chi connectivity index (χ2v) is 14.7. The van der Waals surface area contributed by atoms with Gasteiger partial charge in [-0.15, -0.1) is 0 Å². The Labute approximate surface area is 267 Å². The number of ether oxygens (including phenoxy) is 1. The van der Waals surface area contributed by atoms with Gasteiger partial charge >= 0.3 is 15.9 Å². The van der Waals surface area contributed by atoms with E-state index in [1.165, 1.54) is 12.4 Å². The maximum atomic E-state index is 13.7. The highest BCUT2D eigenvalue weighted by Gasteiger charge is 2.60. The molecule has 0 radical (unpaired) electrons. The Morgan fingerprint density at radius 2 is 1.89 bits per heavy atom. The van der Waals surface area contributed by atoms with Crippen molar-refractivity contribution in [3.05, 3.63) is 47.8 Å². The summed E-state index contributed by atoms with van der Waals surface area (Å²) in [6.45, 7) is 14.6. The number of rotatable bonds is 17. The Kier molecular flexibility index (Phi) is 13.1. The number of hydrogen-bond acceptors (Lipinski definition) is 10. The molecule has 3 aliphatic heterocycles. The van der Waals surface area contributed by atoms with Crippen molar-refractivity contribution in [1.82, 2.24) is 10.6 Å². The molecular formula is C31H47BN4O8Si. The van der Waals surface area contributed by atoms with E-state index in [2.05, 4.69) is 41.2 Å². The van der Waals surface area contributed by atoms with Crippen molar-refractivity contribution in [3.63, 3.8) is 0 Å². The van der Waals surface area contributed by atoms with Crippen molar-refractivity contribution in [2.24, 2.45) is 15.9 Å². The predicted molar refractivity (Wildman–Crippen MR) is 174 cm³/mol. The number of nitrogens with one attached hydrogen (secondary N) is 2. The Balaban J connectivity index is 1.31. The highest BCUT2D eigenvalue weighted by molar-refractivity contribution is 6.62. The third-order valence-corrected chi connectivity index (χ3v) is 10.9. The molecule has 246 valence electrons. The maximum absolute atomic E-state index is 13.7. The molecule has 3 heterocycles. The number of fused-ring (bicyclic) bond motifs is 2. The first-order chi connectivity index (χ1) is 21.6. The van der Waals surface area contributed by atoms with Gasteiger partial charge in [0.05, 0.1) is 49.8 Å². The summed E-state index contributed by atoms with van der Waals surface area (Å²) in [6.07, 6.45) is 4.40. The number of hydrogen-bond donors (Lipinski definition) is 2. The molecule has 4 rings (SSSR count). The van der Waals surface area contributed by atoms with Crippen LogP contribution in [0.5, 0.6) is 0 Å². The molecule has 3 aliphatic rings. The van der Waals surface area contributed by atoms with Crippen LogP contribution in [0.3, 0.4) is 0 Å². The van der Waals surface area contributed by atoms with Crippen molar-refractivity contribution in [2.75, 3.05) is 19.8 Å². The fourth-order valence-electron chi connectivity index (χ4n) is 5.75. The molecule has 2 bridgehead atoms. The van der Waals surface area contributed by atoms with Gasteiger partial charge in [-0.05, 0) is 51.8 Å². The van der Waals surface area contributed by atoms with E-state index in [0.717, 1.165) is 18.0 Å². The summed E-state index contributed by atoms with van der Waals surface area (Å²) in [4.78, 5) is 34.4. The van der Waals surface area contributed by atoms with E-state index < -0.39 is 33.8 Å². The summed E-state index contributed by atoms with van der Waals surface area (Å²) >= 11 is 0. The summed E-state index contributed by atoms with van der Waals surface area (Å²) in [6, 6.07) is 9.32. The summed E-state index contributed by atoms with van der Waals surface area (Å²) in [5, 5.41) is 5.89. The number of nitrogens with zero attached hydrogens (tertiary/aromatic N) is 2. The average molecular weight is 643 g/mol. The number of carbonyl (C=O) groups excluding carboxylic acids is 2. The molecule has 0 spiro atoms. The van der Waals surface area contributed by atoms with E-state index in [-0.39, 0.29) is 48.4 Å². The molecular weight excluding hydrogens is 595 g/mol. The predicted octanol–water partition coefficient (Wildman–Crippen LogP) is 2.89. The van der Waals surface area contributed by atoms with Crippen molar-refractivity contribution in [2.45, 2.75) is 96.3 Å². The normalized spacial score (nSPS) is 27.7. The van der Waals surface area contributed by atoms with Crippen LogP contribution in [-0.2, 0) is 43.3 Å². The lowest BCUT2D eigenvalue weighted by atomic mass is 9.74. The van der Waals surface area contributed by atoms with Crippen LogP contribution in [0.15, 0.2) is 52.2 Å². The summed E-state index contributed by atoms with van der Waals surface area (Å²) in [5.41, 5.74) is 0.904. The zero-order valence-electron chi connectivity index (χ0n) is 27.0. The number of carbonyl (C=O) groups is 2. The van der Waals surface area contributed by atoms with Crippen molar-refractivity contribution >= 4 is 40.7 Å². The standard InChI is InChI=1S/C31H47BN4O8Si/c1-7-34-18-27(33-6)31(38)35-26(17-24-12-9-8-10-13-24)30(37)36-28(16-21(2)3)32-40-20-25(41-32)19-39-14-11-15-45-42-22(4)29(44-45)23(5)43-45/h7-10,12-13,18,21-23,25-26,28-29H,6,11,14-17,19-20H2,1-5H3,(H,35,38)(H,36,37)/b27-18-,34-7-/t22?,23?,25?,26-,28-,29?,45?/m0/s1. The largest absolute Gasteiger partial charge is 0.502 e. The second-order valence-electron chi connectivity index (χ2n) is 12.1. The molecule has 0 aliphatic carbocycles. The minimum absolute atomic E-state index is 0.0114. The molecule has 12 nitrogen and oxygen atoms in total. The van der Waals surface area contributed by atoms with Gasteiger partial charge in [-0.25, -0.2) is 0 Å². The molecule has 0 aromatic heterocycles. The fraction of sp³-hybridized carbons (Fsp3) is 0.613. The number of amides is 2. The molecule has 3 fully saturated rings. The first kappa shape index (κ1) is 35.1. The van der Waals surface area contributed by atoms with Crippen molar-refractivity contribution in [3.8, 4) is 0 Å². The molecule has 0 saturated carbocycles. The van der Waals surface area contributed by atoms with Gasteiger partial charge in [-0.3, -0.25) is 19.6 Å². The van der Waals surface area contributed by atoms with Crippen LogP contribution in [0.4, 0.5) is 0 Å². The molecule has 3 saturated heterocycles. The molecule has 45 heavy (non-hydrogen) atoms. The van der Waals surface area contributed by atoms with Gasteiger partial charge < -0.3 is 38.0 Å². The van der Waals surface area contributed by atoms with Crippen LogP contribution in [-0.4, -0.2) is 96.9 Å². The Bertz CT molecular complexity index is 1190. The van der Waals surface area contributed by atoms with E-state index in [1.54, 1.807) is 6.92 Å². The number of aliphatic imine (C=N–C) groups is 2. The SMILES string of the molecule is C=N/C(=C\N=C/C)C(=O)N[C@@H](Cc1ccccc1)C(=O)N[C@@H](CC(C)C)B1OCC(COCCC[Si]23OC(C)C(O2)C(C)O3)O1. The van der Waals surface area contributed by atoms with Gasteiger partial charge in [-0.1, -0.05) is 44.2 Å². The van der Waals surface area contributed by atoms with Gasteiger partial charge in [-0.2, -0.15) is 0 Å². The van der Waals surface area contributed by atoms with Crippen LogP contribution in [0.25, 0.3) is 0 Å². The topological polar surface area (TPSA) is 138 Å². The zero-order chi connectivity index (χ0) is 32.4. The molecule has 1 aromatic rings. The lowest BCUT2D eigenvalue weighted by Crippen LogP contribution is -2.55. The van der Waals surface area contributed by atoms with Gasteiger partial charge in [0.25, 0.3) is 5.91 Å².